The molecular weight excluding hydrogens is 318 g/mol. The average molecular weight is 332 g/mol. The van der Waals surface area contributed by atoms with Gasteiger partial charge in [0.15, 0.2) is 0 Å². The topological polar surface area (TPSA) is 79.5 Å². The molecule has 1 aliphatic rings. The van der Waals surface area contributed by atoms with Crippen LogP contribution in [0.1, 0.15) is 5.56 Å². The van der Waals surface area contributed by atoms with Gasteiger partial charge in [-0.2, -0.15) is 0 Å². The van der Waals surface area contributed by atoms with Crippen molar-refractivity contribution in [2.24, 2.45) is 0 Å². The van der Waals surface area contributed by atoms with Crippen molar-refractivity contribution in [3.05, 3.63) is 47.0 Å². The fourth-order valence-electron chi connectivity index (χ4n) is 2.37. The summed E-state index contributed by atoms with van der Waals surface area (Å²) in [5.41, 5.74) is 2.69. The molecule has 7 heteroatoms. The fraction of sp³-hybridized carbons (Fsp3) is 0.125. The maximum Gasteiger partial charge on any atom is 0.323 e. The lowest BCUT2D eigenvalue weighted by molar-refractivity contribution is -0.115. The Balaban J connectivity index is 1.72. The van der Waals surface area contributed by atoms with Crippen molar-refractivity contribution in [1.82, 2.24) is 0 Å². The van der Waals surface area contributed by atoms with Crippen molar-refractivity contribution >= 4 is 40.6 Å². The molecular formula is C16H14ClN3O3. The largest absolute Gasteiger partial charge is 0.495 e. The van der Waals surface area contributed by atoms with Crippen LogP contribution in [0.4, 0.5) is 21.9 Å². The molecule has 23 heavy (non-hydrogen) atoms. The van der Waals surface area contributed by atoms with Crippen LogP contribution in [-0.4, -0.2) is 19.0 Å². The highest BCUT2D eigenvalue weighted by atomic mass is 35.5. The van der Waals surface area contributed by atoms with Gasteiger partial charge in [-0.25, -0.2) is 4.79 Å². The van der Waals surface area contributed by atoms with Crippen LogP contribution in [0.3, 0.4) is 0 Å². The molecule has 0 spiro atoms. The first-order valence-corrected chi connectivity index (χ1v) is 7.27. The molecule has 0 unspecified atom stereocenters. The van der Waals surface area contributed by atoms with Gasteiger partial charge in [-0.15, -0.1) is 0 Å². The van der Waals surface area contributed by atoms with E-state index >= 15 is 0 Å². The number of benzene rings is 2. The van der Waals surface area contributed by atoms with E-state index in [9.17, 15) is 9.59 Å². The second kappa shape index (κ2) is 6.18. The molecule has 0 bridgehead atoms. The maximum atomic E-state index is 12.1. The van der Waals surface area contributed by atoms with Crippen molar-refractivity contribution < 1.29 is 14.3 Å². The van der Waals surface area contributed by atoms with Crippen LogP contribution in [0.2, 0.25) is 5.02 Å². The predicted molar refractivity (Wildman–Crippen MR) is 89.4 cm³/mol. The number of rotatable bonds is 3. The normalized spacial score (nSPS) is 12.3. The third kappa shape index (κ3) is 3.37. The Morgan fingerprint density at radius 2 is 2.04 bits per heavy atom. The summed E-state index contributed by atoms with van der Waals surface area (Å²) in [6.07, 6.45) is 0.314. The molecule has 0 atom stereocenters. The molecule has 1 heterocycles. The van der Waals surface area contributed by atoms with Gasteiger partial charge in [0.1, 0.15) is 5.75 Å². The van der Waals surface area contributed by atoms with Gasteiger partial charge in [0.05, 0.1) is 19.2 Å². The van der Waals surface area contributed by atoms with Crippen molar-refractivity contribution in [1.29, 1.82) is 0 Å². The highest BCUT2D eigenvalue weighted by molar-refractivity contribution is 6.31. The number of hydrogen-bond donors (Lipinski definition) is 3. The highest BCUT2D eigenvalue weighted by Crippen LogP contribution is 2.29. The molecule has 118 valence electrons. The Morgan fingerprint density at radius 1 is 1.22 bits per heavy atom. The zero-order chi connectivity index (χ0) is 16.4. The Hall–Kier alpha value is -2.73. The van der Waals surface area contributed by atoms with Crippen LogP contribution in [0.15, 0.2) is 36.4 Å². The molecule has 0 aromatic heterocycles. The Kier molecular flexibility index (Phi) is 4.08. The number of fused-ring (bicyclic) bond motifs is 1. The third-order valence-corrected chi connectivity index (χ3v) is 3.63. The first-order chi connectivity index (χ1) is 11.0. The molecule has 2 aromatic rings. The SMILES string of the molecule is COc1ccc(Cl)cc1NC(=O)Nc1ccc2c(c1)CC(=O)N2. The summed E-state index contributed by atoms with van der Waals surface area (Å²) in [5.74, 6) is 0.457. The lowest BCUT2D eigenvalue weighted by Crippen LogP contribution is -2.19. The molecule has 2 aromatic carbocycles. The maximum absolute atomic E-state index is 12.1. The molecule has 0 radical (unpaired) electrons. The van der Waals surface area contributed by atoms with Crippen molar-refractivity contribution in [3.8, 4) is 5.75 Å². The van der Waals surface area contributed by atoms with E-state index < -0.39 is 6.03 Å². The first kappa shape index (κ1) is 15.2. The van der Waals surface area contributed by atoms with Crippen molar-refractivity contribution in [2.45, 2.75) is 6.42 Å². The zero-order valence-electron chi connectivity index (χ0n) is 12.3. The summed E-state index contributed by atoms with van der Waals surface area (Å²) in [5, 5.41) is 8.63. The molecule has 3 amide bonds. The number of urea groups is 1. The second-order valence-electron chi connectivity index (χ2n) is 5.02. The summed E-state index contributed by atoms with van der Waals surface area (Å²) in [6.45, 7) is 0. The van der Waals surface area contributed by atoms with Gasteiger partial charge in [0, 0.05) is 16.4 Å². The van der Waals surface area contributed by atoms with Gasteiger partial charge in [-0.1, -0.05) is 11.6 Å². The summed E-state index contributed by atoms with van der Waals surface area (Å²) in [6, 6.07) is 9.77. The number of methoxy groups -OCH3 is 1. The van der Waals surface area contributed by atoms with Gasteiger partial charge >= 0.3 is 6.03 Å². The molecule has 0 saturated carbocycles. The lowest BCUT2D eigenvalue weighted by atomic mass is 10.1. The summed E-state index contributed by atoms with van der Waals surface area (Å²) in [4.78, 5) is 23.5. The van der Waals surface area contributed by atoms with Crippen molar-refractivity contribution in [2.75, 3.05) is 23.1 Å². The average Bonchev–Trinajstić information content (AvgIpc) is 2.86. The van der Waals surface area contributed by atoms with Crippen LogP contribution in [0.25, 0.3) is 0 Å². The van der Waals surface area contributed by atoms with E-state index in [1.54, 1.807) is 36.4 Å². The molecule has 0 aliphatic carbocycles. The predicted octanol–water partition coefficient (Wildman–Crippen LogP) is 3.49. The Morgan fingerprint density at radius 3 is 2.83 bits per heavy atom. The number of anilines is 3. The Bertz CT molecular complexity index is 792. The van der Waals surface area contributed by atoms with Gasteiger partial charge in [-0.05, 0) is 42.0 Å². The van der Waals surface area contributed by atoms with E-state index in [1.165, 1.54) is 7.11 Å². The van der Waals surface area contributed by atoms with E-state index in [2.05, 4.69) is 16.0 Å². The molecule has 3 N–H and O–H groups in total. The lowest BCUT2D eigenvalue weighted by Gasteiger charge is -2.12. The van der Waals surface area contributed by atoms with E-state index in [0.717, 1.165) is 11.3 Å². The van der Waals surface area contributed by atoms with Crippen LogP contribution < -0.4 is 20.7 Å². The van der Waals surface area contributed by atoms with E-state index in [0.29, 0.717) is 28.6 Å². The zero-order valence-corrected chi connectivity index (χ0v) is 13.0. The number of nitrogens with one attached hydrogen (secondary N) is 3. The monoisotopic (exact) mass is 331 g/mol. The summed E-state index contributed by atoms with van der Waals surface area (Å²) in [7, 11) is 1.51. The van der Waals surface area contributed by atoms with E-state index in [4.69, 9.17) is 16.3 Å². The summed E-state index contributed by atoms with van der Waals surface area (Å²) >= 11 is 5.93. The van der Waals surface area contributed by atoms with Gasteiger partial charge in [-0.3, -0.25) is 4.79 Å². The fourth-order valence-corrected chi connectivity index (χ4v) is 2.54. The number of carbonyl (C=O) groups is 2. The van der Waals surface area contributed by atoms with E-state index in [-0.39, 0.29) is 5.91 Å². The van der Waals surface area contributed by atoms with Gasteiger partial charge < -0.3 is 20.7 Å². The van der Waals surface area contributed by atoms with Gasteiger partial charge in [0.2, 0.25) is 5.91 Å². The number of carbonyl (C=O) groups excluding carboxylic acids is 2. The van der Waals surface area contributed by atoms with Crippen LogP contribution in [0.5, 0.6) is 5.75 Å². The number of halogens is 1. The summed E-state index contributed by atoms with van der Waals surface area (Å²) < 4.78 is 5.18. The molecule has 6 nitrogen and oxygen atoms in total. The number of ether oxygens (including phenoxy) is 1. The van der Waals surface area contributed by atoms with Crippen molar-refractivity contribution in [3.63, 3.8) is 0 Å². The minimum absolute atomic E-state index is 0.0507. The van der Waals surface area contributed by atoms with E-state index in [1.807, 2.05) is 0 Å². The second-order valence-corrected chi connectivity index (χ2v) is 5.46. The minimum atomic E-state index is -0.428. The number of amides is 3. The minimum Gasteiger partial charge on any atom is -0.495 e. The number of hydrogen-bond acceptors (Lipinski definition) is 3. The van der Waals surface area contributed by atoms with Crippen LogP contribution in [0, 0.1) is 0 Å². The molecule has 1 aliphatic heterocycles. The highest BCUT2D eigenvalue weighted by Gasteiger charge is 2.18. The standard InChI is InChI=1S/C16H14ClN3O3/c1-23-14-5-2-10(17)8-13(14)20-16(22)18-11-3-4-12-9(6-11)7-15(21)19-12/h2-6,8H,7H2,1H3,(H,19,21)(H2,18,20,22). The smallest absolute Gasteiger partial charge is 0.323 e. The molecule has 0 saturated heterocycles. The molecule has 3 rings (SSSR count). The van der Waals surface area contributed by atoms with Crippen LogP contribution in [-0.2, 0) is 11.2 Å². The third-order valence-electron chi connectivity index (χ3n) is 3.40. The van der Waals surface area contributed by atoms with Gasteiger partial charge in [0.25, 0.3) is 0 Å². The first-order valence-electron chi connectivity index (χ1n) is 6.89. The Labute approximate surface area is 137 Å². The van der Waals surface area contributed by atoms with Crippen LogP contribution >= 0.6 is 11.6 Å². The molecule has 0 fully saturated rings. The quantitative estimate of drug-likeness (QED) is 0.805.